The lowest BCUT2D eigenvalue weighted by molar-refractivity contribution is 0.0897. The van der Waals surface area contributed by atoms with E-state index in [-0.39, 0.29) is 5.92 Å². The van der Waals surface area contributed by atoms with Gasteiger partial charge in [-0.05, 0) is 75.4 Å². The van der Waals surface area contributed by atoms with E-state index in [1.807, 2.05) is 12.1 Å². The first-order valence-corrected chi connectivity index (χ1v) is 9.17. The predicted octanol–water partition coefficient (Wildman–Crippen LogP) is 3.57. The van der Waals surface area contributed by atoms with Crippen LogP contribution in [-0.2, 0) is 6.42 Å². The van der Waals surface area contributed by atoms with Crippen LogP contribution in [0, 0.1) is 11.8 Å². The fourth-order valence-corrected chi connectivity index (χ4v) is 4.25. The molecule has 1 heterocycles. The van der Waals surface area contributed by atoms with Gasteiger partial charge in [0, 0.05) is 11.5 Å². The molecule has 1 unspecified atom stereocenters. The number of likely N-dealkylation sites (tertiary alicyclic amines) is 1. The lowest BCUT2D eigenvalue weighted by atomic mass is 9.85. The Kier molecular flexibility index (Phi) is 5.44. The number of benzene rings is 1. The van der Waals surface area contributed by atoms with E-state index in [0.717, 1.165) is 29.7 Å². The van der Waals surface area contributed by atoms with Crippen molar-refractivity contribution in [1.82, 2.24) is 4.90 Å². The van der Waals surface area contributed by atoms with Gasteiger partial charge in [-0.15, -0.1) is 0 Å². The van der Waals surface area contributed by atoms with Crippen molar-refractivity contribution in [3.05, 3.63) is 23.3 Å². The first kappa shape index (κ1) is 17.3. The van der Waals surface area contributed by atoms with Crippen molar-refractivity contribution >= 4 is 5.78 Å². The largest absolute Gasteiger partial charge is 0.493 e. The molecule has 2 aliphatic rings. The van der Waals surface area contributed by atoms with Gasteiger partial charge in [-0.25, -0.2) is 0 Å². The highest BCUT2D eigenvalue weighted by Gasteiger charge is 2.34. The van der Waals surface area contributed by atoms with Crippen molar-refractivity contribution < 1.29 is 14.3 Å². The Morgan fingerprint density at radius 1 is 1.12 bits per heavy atom. The third kappa shape index (κ3) is 3.44. The van der Waals surface area contributed by atoms with E-state index in [1.54, 1.807) is 14.2 Å². The summed E-state index contributed by atoms with van der Waals surface area (Å²) in [6, 6.07) is 3.84. The first-order valence-electron chi connectivity index (χ1n) is 9.17. The van der Waals surface area contributed by atoms with Gasteiger partial charge < -0.3 is 14.4 Å². The molecule has 4 nitrogen and oxygen atoms in total. The molecule has 132 valence electrons. The fourth-order valence-electron chi connectivity index (χ4n) is 4.25. The van der Waals surface area contributed by atoms with E-state index in [0.29, 0.717) is 17.5 Å². The molecule has 0 spiro atoms. The number of methoxy groups -OCH3 is 2. The highest BCUT2D eigenvalue weighted by atomic mass is 16.5. The third-order valence-electron chi connectivity index (χ3n) is 5.58. The molecule has 1 aliphatic heterocycles. The lowest BCUT2D eigenvalue weighted by Gasteiger charge is -2.32. The molecule has 1 atom stereocenters. The molecule has 0 N–H and O–H groups in total. The summed E-state index contributed by atoms with van der Waals surface area (Å²) in [6.45, 7) is 5.82. The Balaban J connectivity index is 1.64. The standard InChI is InChI=1S/C20H29NO3/c1-4-7-21-8-5-14(6-9-21)10-16-11-15-12-18(23-2)19(24-3)13-17(15)20(16)22/h12-14,16H,4-11H2,1-3H3. The molecule has 1 aromatic carbocycles. The zero-order valence-electron chi connectivity index (χ0n) is 15.1. The third-order valence-corrected chi connectivity index (χ3v) is 5.58. The van der Waals surface area contributed by atoms with Crippen molar-refractivity contribution in [1.29, 1.82) is 0 Å². The second kappa shape index (κ2) is 7.56. The molecule has 0 aromatic heterocycles. The van der Waals surface area contributed by atoms with Crippen LogP contribution in [0.4, 0.5) is 0 Å². The van der Waals surface area contributed by atoms with Gasteiger partial charge in [0.25, 0.3) is 0 Å². The Hall–Kier alpha value is -1.55. The van der Waals surface area contributed by atoms with Gasteiger partial charge >= 0.3 is 0 Å². The molecule has 0 radical (unpaired) electrons. The predicted molar refractivity (Wildman–Crippen MR) is 95.1 cm³/mol. The van der Waals surface area contributed by atoms with E-state index < -0.39 is 0 Å². The van der Waals surface area contributed by atoms with Gasteiger partial charge in [-0.1, -0.05) is 6.92 Å². The summed E-state index contributed by atoms with van der Waals surface area (Å²) < 4.78 is 10.7. The Morgan fingerprint density at radius 2 is 1.79 bits per heavy atom. The van der Waals surface area contributed by atoms with Crippen LogP contribution in [0.1, 0.15) is 48.5 Å². The fraction of sp³-hybridized carbons (Fsp3) is 0.650. The van der Waals surface area contributed by atoms with Crippen LogP contribution in [0.2, 0.25) is 0 Å². The minimum atomic E-state index is 0.138. The van der Waals surface area contributed by atoms with E-state index in [1.165, 1.54) is 38.9 Å². The number of ketones is 1. The summed E-state index contributed by atoms with van der Waals surface area (Å²) in [4.78, 5) is 15.4. The van der Waals surface area contributed by atoms with Crippen LogP contribution >= 0.6 is 0 Å². The highest BCUT2D eigenvalue weighted by molar-refractivity contribution is 6.02. The molecule has 0 amide bonds. The maximum Gasteiger partial charge on any atom is 0.166 e. The maximum atomic E-state index is 12.8. The van der Waals surface area contributed by atoms with Gasteiger partial charge in [-0.3, -0.25) is 4.79 Å². The van der Waals surface area contributed by atoms with Gasteiger partial charge in [0.2, 0.25) is 0 Å². The number of hydrogen-bond donors (Lipinski definition) is 0. The topological polar surface area (TPSA) is 38.8 Å². The number of hydrogen-bond acceptors (Lipinski definition) is 4. The van der Waals surface area contributed by atoms with Crippen LogP contribution in [0.25, 0.3) is 0 Å². The van der Waals surface area contributed by atoms with E-state index in [2.05, 4.69) is 11.8 Å². The Morgan fingerprint density at radius 3 is 2.42 bits per heavy atom. The number of nitrogens with zero attached hydrogens (tertiary/aromatic N) is 1. The molecule has 24 heavy (non-hydrogen) atoms. The number of fused-ring (bicyclic) bond motifs is 1. The van der Waals surface area contributed by atoms with Gasteiger partial charge in [0.05, 0.1) is 14.2 Å². The molecular formula is C20H29NO3. The smallest absolute Gasteiger partial charge is 0.166 e. The summed E-state index contributed by atoms with van der Waals surface area (Å²) in [7, 11) is 3.26. The minimum absolute atomic E-state index is 0.138. The number of piperidine rings is 1. The molecule has 1 aliphatic carbocycles. The van der Waals surface area contributed by atoms with Crippen LogP contribution in [0.15, 0.2) is 12.1 Å². The molecule has 3 rings (SSSR count). The molecule has 4 heteroatoms. The molecule has 1 aromatic rings. The number of Topliss-reactive ketones (excluding diaryl/α,β-unsaturated/α-hetero) is 1. The zero-order chi connectivity index (χ0) is 17.1. The van der Waals surface area contributed by atoms with Gasteiger partial charge in [0.1, 0.15) is 0 Å². The SMILES string of the molecule is CCCN1CCC(CC2Cc3cc(OC)c(OC)cc3C2=O)CC1. The quantitative estimate of drug-likeness (QED) is 0.799. The van der Waals surface area contributed by atoms with Crippen molar-refractivity contribution in [2.75, 3.05) is 33.9 Å². The summed E-state index contributed by atoms with van der Waals surface area (Å²) in [5.41, 5.74) is 1.95. The second-order valence-electron chi connectivity index (χ2n) is 7.15. The summed E-state index contributed by atoms with van der Waals surface area (Å²) in [6.07, 6.45) is 5.56. The second-order valence-corrected chi connectivity index (χ2v) is 7.15. The molecule has 1 fully saturated rings. The van der Waals surface area contributed by atoms with Crippen LogP contribution in [0.5, 0.6) is 11.5 Å². The monoisotopic (exact) mass is 331 g/mol. The average Bonchev–Trinajstić information content (AvgIpc) is 2.90. The molecular weight excluding hydrogens is 302 g/mol. The molecule has 1 saturated heterocycles. The number of carbonyl (C=O) groups excluding carboxylic acids is 1. The zero-order valence-corrected chi connectivity index (χ0v) is 15.1. The summed E-state index contributed by atoms with van der Waals surface area (Å²) in [5, 5.41) is 0. The Bertz CT molecular complexity index is 591. The number of carbonyl (C=O) groups is 1. The van der Waals surface area contributed by atoms with Gasteiger partial charge in [0.15, 0.2) is 17.3 Å². The highest BCUT2D eigenvalue weighted by Crippen LogP contribution is 2.39. The number of rotatable bonds is 6. The molecule has 0 saturated carbocycles. The maximum absolute atomic E-state index is 12.8. The van der Waals surface area contributed by atoms with E-state index >= 15 is 0 Å². The van der Waals surface area contributed by atoms with Gasteiger partial charge in [-0.2, -0.15) is 0 Å². The Labute approximate surface area is 145 Å². The lowest BCUT2D eigenvalue weighted by Crippen LogP contribution is -2.35. The van der Waals surface area contributed by atoms with Crippen molar-refractivity contribution in [3.8, 4) is 11.5 Å². The summed E-state index contributed by atoms with van der Waals surface area (Å²) in [5.74, 6) is 2.49. The average molecular weight is 331 g/mol. The van der Waals surface area contributed by atoms with Crippen LogP contribution < -0.4 is 9.47 Å². The van der Waals surface area contributed by atoms with Crippen LogP contribution in [-0.4, -0.2) is 44.5 Å². The van der Waals surface area contributed by atoms with Crippen molar-refractivity contribution in [2.24, 2.45) is 11.8 Å². The minimum Gasteiger partial charge on any atom is -0.493 e. The van der Waals surface area contributed by atoms with Crippen molar-refractivity contribution in [2.45, 2.75) is 39.0 Å². The van der Waals surface area contributed by atoms with E-state index in [4.69, 9.17) is 9.47 Å². The van der Waals surface area contributed by atoms with E-state index in [9.17, 15) is 4.79 Å². The molecule has 0 bridgehead atoms. The normalized spacial score (nSPS) is 21.8. The summed E-state index contributed by atoms with van der Waals surface area (Å²) >= 11 is 0. The number of ether oxygens (including phenoxy) is 2. The first-order chi connectivity index (χ1) is 11.7. The van der Waals surface area contributed by atoms with Crippen LogP contribution in [0.3, 0.4) is 0 Å². The van der Waals surface area contributed by atoms with Crippen molar-refractivity contribution in [3.63, 3.8) is 0 Å².